The van der Waals surface area contributed by atoms with Crippen molar-refractivity contribution >= 4 is 5.91 Å². The highest BCUT2D eigenvalue weighted by atomic mass is 16.1. The molecule has 0 aliphatic carbocycles. The van der Waals surface area contributed by atoms with Crippen molar-refractivity contribution in [3.63, 3.8) is 0 Å². The molecule has 2 rings (SSSR count). The Balaban J connectivity index is 2.18. The van der Waals surface area contributed by atoms with Crippen LogP contribution in [0.5, 0.6) is 0 Å². The molecule has 0 spiro atoms. The van der Waals surface area contributed by atoms with Gasteiger partial charge in [0.2, 0.25) is 5.91 Å². The minimum Gasteiger partial charge on any atom is -0.370 e. The Morgan fingerprint density at radius 3 is 2.61 bits per heavy atom. The third kappa shape index (κ3) is 3.17. The van der Waals surface area contributed by atoms with Crippen molar-refractivity contribution in [2.24, 2.45) is 5.73 Å². The molecular formula is C15H16N2O. The first kappa shape index (κ1) is 12.3. The molecule has 0 saturated carbocycles. The van der Waals surface area contributed by atoms with Gasteiger partial charge in [-0.2, -0.15) is 0 Å². The molecule has 1 aromatic carbocycles. The molecule has 0 atom stereocenters. The van der Waals surface area contributed by atoms with Crippen LogP contribution in [0.25, 0.3) is 11.3 Å². The smallest absolute Gasteiger partial charge is 0.217 e. The molecule has 92 valence electrons. The lowest BCUT2D eigenvalue weighted by molar-refractivity contribution is -0.118. The van der Waals surface area contributed by atoms with Gasteiger partial charge in [-0.25, -0.2) is 0 Å². The Morgan fingerprint density at radius 2 is 1.89 bits per heavy atom. The maximum Gasteiger partial charge on any atom is 0.217 e. The fraction of sp³-hybridized carbons (Fsp3) is 0.200. The van der Waals surface area contributed by atoms with E-state index in [-0.39, 0.29) is 5.91 Å². The van der Waals surface area contributed by atoms with Crippen molar-refractivity contribution in [1.29, 1.82) is 0 Å². The number of nitrogens with two attached hydrogens (primary N) is 1. The second kappa shape index (κ2) is 5.96. The summed E-state index contributed by atoms with van der Waals surface area (Å²) in [5.41, 5.74) is 8.40. The van der Waals surface area contributed by atoms with E-state index in [1.807, 2.05) is 36.4 Å². The Kier molecular flexibility index (Phi) is 4.07. The fourth-order valence-electron chi connectivity index (χ4n) is 1.95. The van der Waals surface area contributed by atoms with Crippen molar-refractivity contribution in [3.05, 3.63) is 54.2 Å². The number of aromatic nitrogens is 1. The zero-order chi connectivity index (χ0) is 12.8. The highest BCUT2D eigenvalue weighted by Gasteiger charge is 2.06. The Labute approximate surface area is 107 Å². The second-order valence-electron chi connectivity index (χ2n) is 4.20. The molecule has 0 aliphatic rings. The number of benzene rings is 1. The first-order valence-electron chi connectivity index (χ1n) is 6.05. The van der Waals surface area contributed by atoms with Crippen molar-refractivity contribution in [3.8, 4) is 11.3 Å². The zero-order valence-electron chi connectivity index (χ0n) is 10.2. The lowest BCUT2D eigenvalue weighted by Gasteiger charge is -2.07. The third-order valence-corrected chi connectivity index (χ3v) is 2.81. The first-order chi connectivity index (χ1) is 8.77. The van der Waals surface area contributed by atoms with Crippen LogP contribution >= 0.6 is 0 Å². The van der Waals surface area contributed by atoms with Crippen LogP contribution in [0.15, 0.2) is 48.7 Å². The van der Waals surface area contributed by atoms with Gasteiger partial charge in [-0.3, -0.25) is 9.78 Å². The van der Waals surface area contributed by atoms with E-state index in [1.165, 1.54) is 0 Å². The summed E-state index contributed by atoms with van der Waals surface area (Å²) in [5.74, 6) is -0.250. The van der Waals surface area contributed by atoms with E-state index < -0.39 is 0 Å². The fourth-order valence-corrected chi connectivity index (χ4v) is 1.95. The summed E-state index contributed by atoms with van der Waals surface area (Å²) < 4.78 is 0. The normalized spacial score (nSPS) is 10.2. The number of primary amides is 1. The topological polar surface area (TPSA) is 56.0 Å². The van der Waals surface area contributed by atoms with Gasteiger partial charge >= 0.3 is 0 Å². The number of aryl methyl sites for hydroxylation is 1. The van der Waals surface area contributed by atoms with E-state index in [0.29, 0.717) is 6.42 Å². The highest BCUT2D eigenvalue weighted by Crippen LogP contribution is 2.22. The summed E-state index contributed by atoms with van der Waals surface area (Å²) in [6.45, 7) is 0. The lowest BCUT2D eigenvalue weighted by Crippen LogP contribution is -2.10. The third-order valence-electron chi connectivity index (χ3n) is 2.81. The molecule has 0 fully saturated rings. The molecule has 18 heavy (non-hydrogen) atoms. The van der Waals surface area contributed by atoms with Gasteiger partial charge in [0.1, 0.15) is 0 Å². The average molecular weight is 240 g/mol. The average Bonchev–Trinajstić information content (AvgIpc) is 2.40. The minimum absolute atomic E-state index is 0.250. The minimum atomic E-state index is -0.250. The molecule has 1 aromatic heterocycles. The predicted octanol–water partition coefficient (Wildman–Crippen LogP) is 2.56. The number of hydrogen-bond acceptors (Lipinski definition) is 2. The van der Waals surface area contributed by atoms with Crippen LogP contribution in [0.2, 0.25) is 0 Å². The van der Waals surface area contributed by atoms with Gasteiger partial charge in [0, 0.05) is 18.2 Å². The number of carbonyl (C=O) groups is 1. The molecule has 1 heterocycles. The largest absolute Gasteiger partial charge is 0.370 e. The van der Waals surface area contributed by atoms with Gasteiger partial charge in [-0.05, 0) is 24.5 Å². The summed E-state index contributed by atoms with van der Waals surface area (Å²) in [4.78, 5) is 15.2. The Morgan fingerprint density at radius 1 is 1.11 bits per heavy atom. The number of rotatable bonds is 5. The van der Waals surface area contributed by atoms with Crippen LogP contribution < -0.4 is 5.73 Å². The van der Waals surface area contributed by atoms with Gasteiger partial charge in [0.15, 0.2) is 0 Å². The molecule has 0 unspecified atom stereocenters. The van der Waals surface area contributed by atoms with Crippen LogP contribution in [0.3, 0.4) is 0 Å². The second-order valence-corrected chi connectivity index (χ2v) is 4.20. The molecule has 2 aromatic rings. The predicted molar refractivity (Wildman–Crippen MR) is 71.8 cm³/mol. The summed E-state index contributed by atoms with van der Waals surface area (Å²) in [6, 6.07) is 14.0. The molecule has 0 saturated heterocycles. The molecule has 0 aliphatic heterocycles. The Bertz CT molecular complexity index is 523. The molecular weight excluding hydrogens is 224 g/mol. The van der Waals surface area contributed by atoms with Gasteiger partial charge in [-0.15, -0.1) is 0 Å². The number of hydrogen-bond donors (Lipinski definition) is 1. The van der Waals surface area contributed by atoms with Crippen LogP contribution in [0.1, 0.15) is 18.4 Å². The quantitative estimate of drug-likeness (QED) is 0.873. The van der Waals surface area contributed by atoms with Gasteiger partial charge in [0.25, 0.3) is 0 Å². The number of carbonyl (C=O) groups excluding carboxylic acids is 1. The summed E-state index contributed by atoms with van der Waals surface area (Å²) >= 11 is 0. The molecule has 3 nitrogen and oxygen atoms in total. The first-order valence-corrected chi connectivity index (χ1v) is 6.05. The number of nitrogens with zero attached hydrogens (tertiary/aromatic N) is 1. The van der Waals surface area contributed by atoms with Crippen molar-refractivity contribution in [2.45, 2.75) is 19.3 Å². The van der Waals surface area contributed by atoms with E-state index in [9.17, 15) is 4.79 Å². The van der Waals surface area contributed by atoms with Crippen LogP contribution in [0, 0.1) is 0 Å². The SMILES string of the molecule is NC(=O)CCCc1cccnc1-c1ccccc1. The van der Waals surface area contributed by atoms with Crippen LogP contribution in [0.4, 0.5) is 0 Å². The monoisotopic (exact) mass is 240 g/mol. The van der Waals surface area contributed by atoms with E-state index in [2.05, 4.69) is 11.1 Å². The lowest BCUT2D eigenvalue weighted by atomic mass is 10.0. The molecule has 0 radical (unpaired) electrons. The maximum absolute atomic E-state index is 10.8. The molecule has 3 heteroatoms. The summed E-state index contributed by atoms with van der Waals surface area (Å²) in [6.07, 6.45) is 3.80. The Hall–Kier alpha value is -2.16. The van der Waals surface area contributed by atoms with E-state index in [4.69, 9.17) is 5.73 Å². The van der Waals surface area contributed by atoms with Crippen molar-refractivity contribution in [1.82, 2.24) is 4.98 Å². The molecule has 0 bridgehead atoms. The number of amides is 1. The van der Waals surface area contributed by atoms with E-state index in [1.54, 1.807) is 6.20 Å². The van der Waals surface area contributed by atoms with Crippen LogP contribution in [-0.4, -0.2) is 10.9 Å². The molecule has 2 N–H and O–H groups in total. The highest BCUT2D eigenvalue weighted by molar-refractivity contribution is 5.73. The molecule has 1 amide bonds. The van der Waals surface area contributed by atoms with Gasteiger partial charge < -0.3 is 5.73 Å². The van der Waals surface area contributed by atoms with Gasteiger partial charge in [-0.1, -0.05) is 36.4 Å². The van der Waals surface area contributed by atoms with E-state index >= 15 is 0 Å². The summed E-state index contributed by atoms with van der Waals surface area (Å²) in [7, 11) is 0. The van der Waals surface area contributed by atoms with Gasteiger partial charge in [0.05, 0.1) is 5.69 Å². The van der Waals surface area contributed by atoms with E-state index in [0.717, 1.165) is 29.7 Å². The standard InChI is InChI=1S/C15H16N2O/c16-14(18)10-4-8-13-9-5-11-17-15(13)12-6-2-1-3-7-12/h1-3,5-7,9,11H,4,8,10H2,(H2,16,18). The summed E-state index contributed by atoms with van der Waals surface area (Å²) in [5, 5.41) is 0. The number of pyridine rings is 1. The maximum atomic E-state index is 10.8. The van der Waals surface area contributed by atoms with Crippen molar-refractivity contribution in [2.75, 3.05) is 0 Å². The zero-order valence-corrected chi connectivity index (χ0v) is 10.2. The van der Waals surface area contributed by atoms with Crippen molar-refractivity contribution < 1.29 is 4.79 Å². The van der Waals surface area contributed by atoms with Crippen LogP contribution in [-0.2, 0) is 11.2 Å².